The van der Waals surface area contributed by atoms with Crippen LogP contribution >= 0.6 is 11.6 Å². The van der Waals surface area contributed by atoms with Gasteiger partial charge in [-0.05, 0) is 11.6 Å². The molecule has 0 heterocycles. The van der Waals surface area contributed by atoms with Gasteiger partial charge in [0.25, 0.3) is 0 Å². The summed E-state index contributed by atoms with van der Waals surface area (Å²) in [5.74, 6) is 0.0948. The lowest BCUT2D eigenvalue weighted by Gasteiger charge is -2.01. The molecule has 0 radical (unpaired) electrons. The van der Waals surface area contributed by atoms with Gasteiger partial charge in [-0.1, -0.05) is 29.8 Å². The van der Waals surface area contributed by atoms with Crippen molar-refractivity contribution < 1.29 is 5.11 Å². The van der Waals surface area contributed by atoms with Crippen molar-refractivity contribution >= 4 is 17.4 Å². The van der Waals surface area contributed by atoms with Crippen molar-refractivity contribution in [3.63, 3.8) is 0 Å². The molecule has 0 fully saturated rings. The van der Waals surface area contributed by atoms with Gasteiger partial charge in [-0.2, -0.15) is 0 Å². The molecule has 5 N–H and O–H groups in total. The van der Waals surface area contributed by atoms with Crippen molar-refractivity contribution in [3.8, 4) is 0 Å². The molecule has 0 atom stereocenters. The Labute approximate surface area is 92.9 Å². The molecule has 4 nitrogen and oxygen atoms in total. The number of rotatable bonds is 3. The lowest BCUT2D eigenvalue weighted by molar-refractivity contribution is 0.469. The summed E-state index contributed by atoms with van der Waals surface area (Å²) in [7, 11) is 0. The Hall–Kier alpha value is -1.68. The van der Waals surface area contributed by atoms with Gasteiger partial charge < -0.3 is 16.6 Å². The van der Waals surface area contributed by atoms with E-state index in [0.29, 0.717) is 17.8 Å². The maximum Gasteiger partial charge on any atom is 0.145 e. The Morgan fingerprint density at radius 2 is 2.07 bits per heavy atom. The molecule has 0 unspecified atom stereocenters. The van der Waals surface area contributed by atoms with Crippen LogP contribution < -0.4 is 11.5 Å². The number of aliphatic hydroxyl groups is 1. The fourth-order valence-corrected chi connectivity index (χ4v) is 1.15. The number of nitrogens with two attached hydrogens (primary N) is 2. The molecular formula is C10H12ClN3O. The van der Waals surface area contributed by atoms with Crippen LogP contribution in [0.4, 0.5) is 0 Å². The molecule has 0 amide bonds. The first kappa shape index (κ1) is 11.4. The molecule has 0 aliphatic rings. The molecule has 0 aliphatic carbocycles. The van der Waals surface area contributed by atoms with Crippen molar-refractivity contribution in [3.05, 3.63) is 46.8 Å². The highest BCUT2D eigenvalue weighted by Gasteiger charge is 1.99. The van der Waals surface area contributed by atoms with Gasteiger partial charge >= 0.3 is 0 Å². The first-order valence-electron chi connectivity index (χ1n) is 4.28. The van der Waals surface area contributed by atoms with E-state index in [1.54, 1.807) is 6.07 Å². The lowest BCUT2D eigenvalue weighted by Crippen LogP contribution is -2.21. The number of benzene rings is 1. The second-order valence-electron chi connectivity index (χ2n) is 2.88. The zero-order valence-corrected chi connectivity index (χ0v) is 8.78. The van der Waals surface area contributed by atoms with Crippen LogP contribution in [0.1, 0.15) is 5.56 Å². The van der Waals surface area contributed by atoms with E-state index in [4.69, 9.17) is 28.2 Å². The molecule has 80 valence electrons. The van der Waals surface area contributed by atoms with Gasteiger partial charge in [0, 0.05) is 5.02 Å². The standard InChI is InChI=1S/C10H12ClN3O/c11-8-4-2-1-3-7(8)5-14-10(13)9(12)6-15/h1-4,6,15H,5,12H2,(H2,13,14). The van der Waals surface area contributed by atoms with Crippen LogP contribution in [0.25, 0.3) is 0 Å². The van der Waals surface area contributed by atoms with E-state index >= 15 is 0 Å². The van der Waals surface area contributed by atoms with E-state index in [1.807, 2.05) is 18.2 Å². The second-order valence-corrected chi connectivity index (χ2v) is 3.28. The molecule has 0 spiro atoms. The third-order valence-electron chi connectivity index (χ3n) is 1.81. The molecule has 1 rings (SSSR count). The highest BCUT2D eigenvalue weighted by Crippen LogP contribution is 2.15. The van der Waals surface area contributed by atoms with E-state index in [9.17, 15) is 0 Å². The van der Waals surface area contributed by atoms with E-state index in [1.165, 1.54) is 0 Å². The van der Waals surface area contributed by atoms with Crippen molar-refractivity contribution in [2.75, 3.05) is 0 Å². The molecular weight excluding hydrogens is 214 g/mol. The van der Waals surface area contributed by atoms with Gasteiger partial charge in [-0.3, -0.25) is 4.99 Å². The van der Waals surface area contributed by atoms with Gasteiger partial charge in [0.05, 0.1) is 6.54 Å². The minimum Gasteiger partial charge on any atom is -0.513 e. The van der Waals surface area contributed by atoms with Crippen molar-refractivity contribution in [1.82, 2.24) is 0 Å². The van der Waals surface area contributed by atoms with E-state index < -0.39 is 0 Å². The molecule has 1 aromatic carbocycles. The summed E-state index contributed by atoms with van der Waals surface area (Å²) < 4.78 is 0. The number of amidine groups is 1. The zero-order valence-electron chi connectivity index (χ0n) is 8.02. The number of aliphatic hydroxyl groups excluding tert-OH is 1. The Bertz CT molecular complexity index is 401. The summed E-state index contributed by atoms with van der Waals surface area (Å²) in [4.78, 5) is 3.98. The fourth-order valence-electron chi connectivity index (χ4n) is 0.954. The third-order valence-corrected chi connectivity index (χ3v) is 2.18. The van der Waals surface area contributed by atoms with Crippen molar-refractivity contribution in [1.29, 1.82) is 0 Å². The summed E-state index contributed by atoms with van der Waals surface area (Å²) in [6, 6.07) is 7.31. The third kappa shape index (κ3) is 3.18. The first-order valence-corrected chi connectivity index (χ1v) is 4.66. The Balaban J connectivity index is 2.77. The average molecular weight is 226 g/mol. The topological polar surface area (TPSA) is 84.6 Å². The Kier molecular flexibility index (Phi) is 4.00. The molecule has 1 aromatic rings. The molecule has 5 heteroatoms. The van der Waals surface area contributed by atoms with Gasteiger partial charge in [-0.15, -0.1) is 0 Å². The van der Waals surface area contributed by atoms with Gasteiger partial charge in [0.15, 0.2) is 0 Å². The molecule has 0 bridgehead atoms. The minimum absolute atomic E-state index is 0.0436. The summed E-state index contributed by atoms with van der Waals surface area (Å²) in [6.07, 6.45) is 0.714. The van der Waals surface area contributed by atoms with Crippen LogP contribution in [0, 0.1) is 0 Å². The van der Waals surface area contributed by atoms with Crippen molar-refractivity contribution in [2.45, 2.75) is 6.54 Å². The lowest BCUT2D eigenvalue weighted by atomic mass is 10.2. The SMILES string of the molecule is NC(=CO)C(N)=NCc1ccccc1Cl. The van der Waals surface area contributed by atoms with Gasteiger partial charge in [0.2, 0.25) is 0 Å². The van der Waals surface area contributed by atoms with Crippen LogP contribution in [0.2, 0.25) is 5.02 Å². The largest absolute Gasteiger partial charge is 0.513 e. The zero-order chi connectivity index (χ0) is 11.3. The maximum absolute atomic E-state index is 8.58. The average Bonchev–Trinajstić information content (AvgIpc) is 2.26. The van der Waals surface area contributed by atoms with Crippen LogP contribution in [0.3, 0.4) is 0 Å². The van der Waals surface area contributed by atoms with Crippen LogP contribution in [0.5, 0.6) is 0 Å². The molecule has 0 aromatic heterocycles. The van der Waals surface area contributed by atoms with Crippen molar-refractivity contribution in [2.24, 2.45) is 16.5 Å². The summed E-state index contributed by atoms with van der Waals surface area (Å²) in [5.41, 5.74) is 11.7. The summed E-state index contributed by atoms with van der Waals surface area (Å²) >= 11 is 5.92. The second kappa shape index (κ2) is 5.26. The van der Waals surface area contributed by atoms with Crippen LogP contribution in [0.15, 0.2) is 41.2 Å². The number of halogens is 1. The number of aliphatic imine (C=N–C) groups is 1. The minimum atomic E-state index is 0.0436. The normalized spacial score (nSPS) is 12.9. The van der Waals surface area contributed by atoms with E-state index in [2.05, 4.69) is 4.99 Å². The predicted molar refractivity (Wildman–Crippen MR) is 61.7 cm³/mol. The smallest absolute Gasteiger partial charge is 0.145 e. The number of nitrogens with zero attached hydrogens (tertiary/aromatic N) is 1. The van der Waals surface area contributed by atoms with E-state index in [-0.39, 0.29) is 11.5 Å². The summed E-state index contributed by atoms with van der Waals surface area (Å²) in [6.45, 7) is 0.333. The van der Waals surface area contributed by atoms with Crippen LogP contribution in [-0.2, 0) is 6.54 Å². The molecule has 0 saturated heterocycles. The summed E-state index contributed by atoms with van der Waals surface area (Å²) in [5, 5.41) is 9.21. The van der Waals surface area contributed by atoms with Gasteiger partial charge in [0.1, 0.15) is 17.8 Å². The number of hydrogen-bond acceptors (Lipinski definition) is 3. The van der Waals surface area contributed by atoms with E-state index in [0.717, 1.165) is 5.56 Å². The highest BCUT2D eigenvalue weighted by molar-refractivity contribution is 6.31. The quantitative estimate of drug-likeness (QED) is 0.415. The molecule has 0 saturated carbocycles. The highest BCUT2D eigenvalue weighted by atomic mass is 35.5. The predicted octanol–water partition coefficient (Wildman–Crippen LogP) is 1.56. The maximum atomic E-state index is 8.58. The molecule has 0 aliphatic heterocycles. The fraction of sp³-hybridized carbons (Fsp3) is 0.100. The van der Waals surface area contributed by atoms with Crippen LogP contribution in [-0.4, -0.2) is 10.9 Å². The Morgan fingerprint density at radius 1 is 1.40 bits per heavy atom. The monoisotopic (exact) mass is 225 g/mol. The number of hydrogen-bond donors (Lipinski definition) is 3. The van der Waals surface area contributed by atoms with Gasteiger partial charge in [-0.25, -0.2) is 0 Å². The first-order chi connectivity index (χ1) is 7.15. The molecule has 15 heavy (non-hydrogen) atoms. The Morgan fingerprint density at radius 3 is 2.67 bits per heavy atom.